The number of hydrogen-bond acceptors (Lipinski definition) is 13. The molecule has 2 saturated heterocycles. The molecule has 0 unspecified atom stereocenters. The number of aliphatic carboxylic acids is 1. The highest BCUT2D eigenvalue weighted by atomic mass is 16.4. The third-order valence-corrected chi connectivity index (χ3v) is 11.0. The van der Waals surface area contributed by atoms with Gasteiger partial charge < -0.3 is 69.1 Å². The van der Waals surface area contributed by atoms with E-state index in [2.05, 4.69) is 31.9 Å². The normalized spacial score (nSPS) is 19.8. The van der Waals surface area contributed by atoms with Crippen molar-refractivity contribution in [2.24, 2.45) is 29.0 Å². The fourth-order valence-electron chi connectivity index (χ4n) is 7.12. The van der Waals surface area contributed by atoms with Crippen molar-refractivity contribution in [1.29, 1.82) is 0 Å². The highest BCUT2D eigenvalue weighted by Gasteiger charge is 2.42. The van der Waals surface area contributed by atoms with Crippen LogP contribution in [0, 0.1) is 11.8 Å². The Morgan fingerprint density at radius 3 is 1.67 bits per heavy atom. The van der Waals surface area contributed by atoms with E-state index in [0.29, 0.717) is 19.3 Å². The first-order valence-electron chi connectivity index (χ1n) is 21.0. The Balaban J connectivity index is 2.14. The Labute approximate surface area is 365 Å². The molecule has 0 aliphatic carbocycles. The number of nitrogens with zero attached hydrogens (tertiary/aromatic N) is 2. The van der Waals surface area contributed by atoms with Gasteiger partial charge >= 0.3 is 5.97 Å². The van der Waals surface area contributed by atoms with Crippen LogP contribution in [0.2, 0.25) is 0 Å². The van der Waals surface area contributed by atoms with Gasteiger partial charge in [-0.25, -0.2) is 4.79 Å². The lowest BCUT2D eigenvalue weighted by atomic mass is 9.96. The number of hydrogen-bond donors (Lipinski definition) is 11. The van der Waals surface area contributed by atoms with Crippen LogP contribution >= 0.6 is 0 Å². The van der Waals surface area contributed by atoms with Gasteiger partial charge in [0.2, 0.25) is 59.1 Å². The van der Waals surface area contributed by atoms with E-state index in [1.54, 1.807) is 27.7 Å². The van der Waals surface area contributed by atoms with Crippen LogP contribution in [-0.4, -0.2) is 159 Å². The maximum Gasteiger partial charge on any atom is 0.326 e. The molecule has 0 spiro atoms. The lowest BCUT2D eigenvalue weighted by Crippen LogP contribution is -2.62. The second-order valence-electron chi connectivity index (χ2n) is 16.4. The van der Waals surface area contributed by atoms with Crippen molar-refractivity contribution in [2.45, 2.75) is 147 Å². The van der Waals surface area contributed by atoms with Crippen LogP contribution in [0.4, 0.5) is 0 Å². The van der Waals surface area contributed by atoms with E-state index >= 15 is 0 Å². The van der Waals surface area contributed by atoms with E-state index in [-0.39, 0.29) is 38.8 Å². The zero-order valence-corrected chi connectivity index (χ0v) is 36.6. The predicted octanol–water partition coefficient (Wildman–Crippen LogP) is -4.84. The second kappa shape index (κ2) is 24.7. The number of carbonyl (C=O) groups is 11. The first-order chi connectivity index (χ1) is 29.4. The van der Waals surface area contributed by atoms with E-state index in [0.717, 1.165) is 0 Å². The van der Waals surface area contributed by atoms with Crippen molar-refractivity contribution in [2.75, 3.05) is 19.7 Å². The molecule has 10 atom stereocenters. The number of carbonyl (C=O) groups excluding carboxylic acids is 10. The number of aliphatic hydroxyl groups excluding tert-OH is 1. The Bertz CT molecular complexity index is 1730. The molecule has 0 aromatic heterocycles. The summed E-state index contributed by atoms with van der Waals surface area (Å²) in [5.74, 6) is -10.1. The molecule has 63 heavy (non-hydrogen) atoms. The molecule has 2 heterocycles. The summed E-state index contributed by atoms with van der Waals surface area (Å²) >= 11 is 0. The lowest BCUT2D eigenvalue weighted by molar-refractivity contribution is -0.144. The molecule has 0 bridgehead atoms. The van der Waals surface area contributed by atoms with Crippen LogP contribution in [0.5, 0.6) is 0 Å². The highest BCUT2D eigenvalue weighted by Crippen LogP contribution is 2.23. The summed E-state index contributed by atoms with van der Waals surface area (Å²) in [4.78, 5) is 143. The molecular weight excluding hydrogens is 830 g/mol. The molecule has 0 aromatic carbocycles. The number of nitrogens with two attached hydrogens (primary N) is 3. The van der Waals surface area contributed by atoms with Crippen LogP contribution in [0.25, 0.3) is 0 Å². The molecule has 0 saturated carbocycles. The number of carboxylic acids is 1. The van der Waals surface area contributed by atoms with Crippen molar-refractivity contribution in [3.8, 4) is 0 Å². The zero-order chi connectivity index (χ0) is 47.9. The van der Waals surface area contributed by atoms with E-state index in [9.17, 15) is 63.0 Å². The van der Waals surface area contributed by atoms with Gasteiger partial charge in [-0.15, -0.1) is 0 Å². The summed E-state index contributed by atoms with van der Waals surface area (Å²) in [5.41, 5.74) is 15.9. The highest BCUT2D eigenvalue weighted by molar-refractivity contribution is 5.98. The molecule has 354 valence electrons. The second-order valence-corrected chi connectivity index (χ2v) is 16.4. The molecule has 0 radical (unpaired) electrons. The zero-order valence-electron chi connectivity index (χ0n) is 36.6. The number of primary amides is 2. The van der Waals surface area contributed by atoms with Crippen LogP contribution in [0.3, 0.4) is 0 Å². The molecule has 24 heteroatoms. The molecule has 10 amide bonds. The fraction of sp³-hybridized carbons (Fsp3) is 0.718. The molecule has 24 nitrogen and oxygen atoms in total. The molecule has 2 aliphatic rings. The van der Waals surface area contributed by atoms with Gasteiger partial charge in [0.25, 0.3) is 0 Å². The first-order valence-corrected chi connectivity index (χ1v) is 21.0. The Morgan fingerprint density at radius 1 is 0.635 bits per heavy atom. The average Bonchev–Trinajstić information content (AvgIpc) is 3.92. The molecule has 14 N–H and O–H groups in total. The SMILES string of the molecule is CC[C@H](C)[C@H](NC(=O)[C@H](CO)NC(=O)[C@@H](NC(=O)[C@@H]1CCCN1C(=O)[C@H](C)NC(=O)[C@@H](N)CC(N)=O)C(C)C)C(=O)N1CCC[C@H]1C(=O)N[C@@H](C)C(=O)N[C@@H](CCC(N)=O)C(=O)O. The predicted molar refractivity (Wildman–Crippen MR) is 222 cm³/mol. The monoisotopic (exact) mass is 895 g/mol. The Morgan fingerprint density at radius 2 is 1.17 bits per heavy atom. The summed E-state index contributed by atoms with van der Waals surface area (Å²) in [6.07, 6.45) is 0.634. The summed E-state index contributed by atoms with van der Waals surface area (Å²) in [6.45, 7) is 8.76. The maximum atomic E-state index is 14.1. The number of rotatable bonds is 24. The van der Waals surface area contributed by atoms with Crippen LogP contribution in [0.1, 0.15) is 92.9 Å². The van der Waals surface area contributed by atoms with Gasteiger partial charge in [-0.05, 0) is 57.8 Å². The lowest BCUT2D eigenvalue weighted by Gasteiger charge is -2.33. The summed E-state index contributed by atoms with van der Waals surface area (Å²) in [7, 11) is 0. The van der Waals surface area contributed by atoms with Gasteiger partial charge in [0.05, 0.1) is 19.1 Å². The fourth-order valence-corrected chi connectivity index (χ4v) is 7.12. The van der Waals surface area contributed by atoms with Crippen LogP contribution in [-0.2, 0) is 52.7 Å². The maximum absolute atomic E-state index is 14.1. The van der Waals surface area contributed by atoms with E-state index < -0.39 is 144 Å². The minimum absolute atomic E-state index is 0.118. The van der Waals surface area contributed by atoms with Crippen molar-refractivity contribution in [3.05, 3.63) is 0 Å². The first kappa shape index (κ1) is 53.2. The largest absolute Gasteiger partial charge is 0.480 e. The molecule has 2 fully saturated rings. The van der Waals surface area contributed by atoms with Gasteiger partial charge in [0.1, 0.15) is 48.3 Å². The standard InChI is InChI=1S/C39H65N11O13/c1-7-19(4)30(38(61)50-15-9-10-25(50)34(57)43-20(5)31(54)45-23(39(62)63)12-13-27(41)52)48-33(56)24(17-51)46-36(59)29(18(2)3)47-35(58)26-11-8-14-49(26)37(60)21(6)44-32(55)22(40)16-28(42)53/h18-26,29-30,51H,7-17,40H2,1-6H3,(H2,41,52)(H2,42,53)(H,43,57)(H,44,55)(H,45,54)(H,46,59)(H,47,58)(H,48,56)(H,62,63)/t19-,20-,21-,22-,23-,24-,25-,26-,29-,30-/m0/s1. The van der Waals surface area contributed by atoms with Gasteiger partial charge in [-0.1, -0.05) is 34.1 Å². The van der Waals surface area contributed by atoms with E-state index in [4.69, 9.17) is 17.2 Å². The number of likely N-dealkylation sites (tertiary alicyclic amines) is 2. The minimum atomic E-state index is -1.60. The Hall–Kier alpha value is -5.91. The van der Waals surface area contributed by atoms with Crippen molar-refractivity contribution in [1.82, 2.24) is 41.7 Å². The Kier molecular flexibility index (Phi) is 20.8. The van der Waals surface area contributed by atoms with Gasteiger partial charge in [-0.3, -0.25) is 47.9 Å². The van der Waals surface area contributed by atoms with Crippen molar-refractivity contribution in [3.63, 3.8) is 0 Å². The number of carboxylic acid groups (broad SMARTS) is 1. The summed E-state index contributed by atoms with van der Waals surface area (Å²) in [6, 6.07) is -11.3. The number of nitrogens with one attached hydrogen (secondary N) is 6. The van der Waals surface area contributed by atoms with Crippen molar-refractivity contribution < 1.29 is 63.0 Å². The quantitative estimate of drug-likeness (QED) is 0.0433. The molecule has 2 rings (SSSR count). The van der Waals surface area contributed by atoms with Gasteiger partial charge in [0, 0.05) is 19.5 Å². The van der Waals surface area contributed by atoms with Gasteiger partial charge in [-0.2, -0.15) is 0 Å². The molecular formula is C39H65N11O13. The smallest absolute Gasteiger partial charge is 0.326 e. The van der Waals surface area contributed by atoms with Gasteiger partial charge in [0.15, 0.2) is 0 Å². The minimum Gasteiger partial charge on any atom is -0.480 e. The van der Waals surface area contributed by atoms with Crippen LogP contribution in [0.15, 0.2) is 0 Å². The molecule has 0 aromatic rings. The van der Waals surface area contributed by atoms with Crippen molar-refractivity contribution >= 4 is 65.0 Å². The molecule has 2 aliphatic heterocycles. The number of amides is 10. The topological polar surface area (TPSA) is 385 Å². The van der Waals surface area contributed by atoms with E-state index in [1.807, 2.05) is 0 Å². The summed E-state index contributed by atoms with van der Waals surface area (Å²) < 4.78 is 0. The third kappa shape index (κ3) is 15.4. The summed E-state index contributed by atoms with van der Waals surface area (Å²) in [5, 5.41) is 34.5. The third-order valence-electron chi connectivity index (χ3n) is 11.0. The average molecular weight is 896 g/mol. The van der Waals surface area contributed by atoms with E-state index in [1.165, 1.54) is 23.6 Å². The van der Waals surface area contributed by atoms with Crippen LogP contribution < -0.4 is 49.1 Å². The number of aliphatic hydroxyl groups is 1.